The van der Waals surface area contributed by atoms with Crippen molar-refractivity contribution in [3.8, 4) is 0 Å². The van der Waals surface area contributed by atoms with Crippen LogP contribution < -0.4 is 5.32 Å². The van der Waals surface area contributed by atoms with E-state index >= 15 is 0 Å². The summed E-state index contributed by atoms with van der Waals surface area (Å²) in [5.41, 5.74) is 2.83. The van der Waals surface area contributed by atoms with E-state index in [0.717, 1.165) is 45.6 Å². The molecular formula is C17H28N2O. The molecule has 1 fully saturated rings. The zero-order chi connectivity index (χ0) is 14.2. The quantitative estimate of drug-likeness (QED) is 0.738. The lowest BCUT2D eigenvalue weighted by atomic mass is 10.1. The van der Waals surface area contributed by atoms with Crippen LogP contribution in [-0.4, -0.2) is 44.3 Å². The number of ether oxygens (including phenoxy) is 1. The van der Waals surface area contributed by atoms with E-state index in [1.54, 1.807) is 0 Å². The summed E-state index contributed by atoms with van der Waals surface area (Å²) in [7, 11) is 1.82. The van der Waals surface area contributed by atoms with Crippen LogP contribution in [0.2, 0.25) is 0 Å². The number of rotatable bonds is 8. The molecule has 1 N–H and O–H groups in total. The third-order valence-corrected chi connectivity index (χ3v) is 4.01. The lowest BCUT2D eigenvalue weighted by Gasteiger charge is -2.15. The maximum atomic E-state index is 5.41. The summed E-state index contributed by atoms with van der Waals surface area (Å²) in [6.07, 6.45) is 3.92. The highest BCUT2D eigenvalue weighted by atomic mass is 16.5. The highest BCUT2D eigenvalue weighted by Crippen LogP contribution is 2.15. The third kappa shape index (κ3) is 4.89. The van der Waals surface area contributed by atoms with Gasteiger partial charge in [-0.15, -0.1) is 0 Å². The molecule has 0 saturated carbocycles. The first-order chi connectivity index (χ1) is 9.81. The molecule has 1 heterocycles. The van der Waals surface area contributed by atoms with Crippen molar-refractivity contribution < 1.29 is 4.74 Å². The molecule has 1 aliphatic heterocycles. The fourth-order valence-corrected chi connectivity index (χ4v) is 2.74. The van der Waals surface area contributed by atoms with Crippen LogP contribution in [0.4, 0.5) is 0 Å². The van der Waals surface area contributed by atoms with Gasteiger partial charge < -0.3 is 10.1 Å². The van der Waals surface area contributed by atoms with Gasteiger partial charge in [0.25, 0.3) is 0 Å². The van der Waals surface area contributed by atoms with Crippen LogP contribution in [0.3, 0.4) is 0 Å². The molecule has 1 saturated heterocycles. The molecule has 20 heavy (non-hydrogen) atoms. The molecule has 1 aliphatic rings. The highest BCUT2D eigenvalue weighted by molar-refractivity contribution is 5.22. The average Bonchev–Trinajstić information content (AvgIpc) is 2.93. The zero-order valence-corrected chi connectivity index (χ0v) is 12.9. The van der Waals surface area contributed by atoms with Crippen molar-refractivity contribution >= 4 is 0 Å². The van der Waals surface area contributed by atoms with E-state index in [1.165, 1.54) is 17.5 Å². The van der Waals surface area contributed by atoms with Crippen molar-refractivity contribution in [3.05, 3.63) is 35.4 Å². The van der Waals surface area contributed by atoms with Gasteiger partial charge in [-0.3, -0.25) is 4.90 Å². The summed E-state index contributed by atoms with van der Waals surface area (Å²) in [4.78, 5) is 2.48. The van der Waals surface area contributed by atoms with Gasteiger partial charge in [0.15, 0.2) is 0 Å². The van der Waals surface area contributed by atoms with Gasteiger partial charge in [-0.25, -0.2) is 0 Å². The van der Waals surface area contributed by atoms with Crippen molar-refractivity contribution in [2.75, 3.05) is 33.3 Å². The van der Waals surface area contributed by atoms with Crippen LogP contribution >= 0.6 is 0 Å². The van der Waals surface area contributed by atoms with Crippen LogP contribution in [0.15, 0.2) is 24.3 Å². The molecule has 2 rings (SSSR count). The number of methoxy groups -OCH3 is 1. The first-order valence-electron chi connectivity index (χ1n) is 7.85. The highest BCUT2D eigenvalue weighted by Gasteiger charge is 2.21. The first-order valence-corrected chi connectivity index (χ1v) is 7.85. The predicted octanol–water partition coefficient (Wildman–Crippen LogP) is 2.45. The number of benzene rings is 1. The van der Waals surface area contributed by atoms with Gasteiger partial charge in [0.2, 0.25) is 0 Å². The summed E-state index contributed by atoms with van der Waals surface area (Å²) >= 11 is 0. The Labute approximate surface area is 123 Å². The maximum Gasteiger partial charge on any atom is 0.0710 e. The van der Waals surface area contributed by atoms with Gasteiger partial charge in [0, 0.05) is 26.7 Å². The molecule has 1 aromatic carbocycles. The van der Waals surface area contributed by atoms with E-state index < -0.39 is 0 Å². The Bertz CT molecular complexity index is 377. The molecule has 0 amide bonds. The minimum atomic E-state index is 0.430. The van der Waals surface area contributed by atoms with Gasteiger partial charge in [-0.2, -0.15) is 0 Å². The average molecular weight is 276 g/mol. The summed E-state index contributed by atoms with van der Waals surface area (Å²) in [5, 5.41) is 3.45. The Morgan fingerprint density at radius 3 is 2.60 bits per heavy atom. The van der Waals surface area contributed by atoms with E-state index in [2.05, 4.69) is 41.4 Å². The lowest BCUT2D eigenvalue weighted by Crippen LogP contribution is -2.22. The van der Waals surface area contributed by atoms with E-state index in [9.17, 15) is 0 Å². The van der Waals surface area contributed by atoms with Crippen molar-refractivity contribution in [3.63, 3.8) is 0 Å². The largest absolute Gasteiger partial charge is 0.380 e. The van der Waals surface area contributed by atoms with E-state index in [0.29, 0.717) is 6.10 Å². The molecule has 1 aromatic rings. The fraction of sp³-hybridized carbons (Fsp3) is 0.647. The van der Waals surface area contributed by atoms with Crippen LogP contribution in [0, 0.1) is 0 Å². The van der Waals surface area contributed by atoms with Crippen molar-refractivity contribution in [1.29, 1.82) is 0 Å². The van der Waals surface area contributed by atoms with E-state index in [-0.39, 0.29) is 0 Å². The van der Waals surface area contributed by atoms with E-state index in [1.807, 2.05) is 7.11 Å². The number of hydrogen-bond acceptors (Lipinski definition) is 3. The van der Waals surface area contributed by atoms with E-state index in [4.69, 9.17) is 4.74 Å². The molecule has 0 aromatic heterocycles. The minimum absolute atomic E-state index is 0.430. The Balaban J connectivity index is 1.74. The standard InChI is InChI=1S/C17H28N2O/c1-3-10-18-11-8-15-4-6-16(7-5-15)13-19-12-9-17(14-19)20-2/h4-7,17-18H,3,8-14H2,1-2H3. The molecule has 0 radical (unpaired) electrons. The maximum absolute atomic E-state index is 5.41. The topological polar surface area (TPSA) is 24.5 Å². The van der Waals surface area contributed by atoms with Crippen LogP contribution in [-0.2, 0) is 17.7 Å². The normalized spacial score (nSPS) is 19.6. The van der Waals surface area contributed by atoms with Crippen LogP contribution in [0.1, 0.15) is 30.9 Å². The molecule has 112 valence electrons. The van der Waals surface area contributed by atoms with Crippen molar-refractivity contribution in [1.82, 2.24) is 10.2 Å². The molecular weight excluding hydrogens is 248 g/mol. The van der Waals surface area contributed by atoms with Gasteiger partial charge in [-0.1, -0.05) is 31.2 Å². The predicted molar refractivity (Wildman–Crippen MR) is 84.0 cm³/mol. The Morgan fingerprint density at radius 2 is 1.95 bits per heavy atom. The third-order valence-electron chi connectivity index (χ3n) is 4.01. The Kier molecular flexibility index (Phi) is 6.51. The molecule has 0 aliphatic carbocycles. The number of hydrogen-bond donors (Lipinski definition) is 1. The zero-order valence-electron chi connectivity index (χ0n) is 12.9. The van der Waals surface area contributed by atoms with Gasteiger partial charge in [0.1, 0.15) is 0 Å². The number of likely N-dealkylation sites (tertiary alicyclic amines) is 1. The number of nitrogens with one attached hydrogen (secondary N) is 1. The summed E-state index contributed by atoms with van der Waals surface area (Å²) in [5.74, 6) is 0. The first kappa shape index (κ1) is 15.5. The van der Waals surface area contributed by atoms with Gasteiger partial charge in [0.05, 0.1) is 6.10 Å². The molecule has 0 spiro atoms. The summed E-state index contributed by atoms with van der Waals surface area (Å²) in [6.45, 7) is 7.67. The second kappa shape index (κ2) is 8.40. The fourth-order valence-electron chi connectivity index (χ4n) is 2.74. The summed E-state index contributed by atoms with van der Waals surface area (Å²) in [6, 6.07) is 9.09. The molecule has 0 bridgehead atoms. The number of nitrogens with zero attached hydrogens (tertiary/aromatic N) is 1. The SMILES string of the molecule is CCCNCCc1ccc(CN2CCC(OC)C2)cc1. The second-order valence-corrected chi connectivity index (χ2v) is 5.70. The smallest absolute Gasteiger partial charge is 0.0710 e. The minimum Gasteiger partial charge on any atom is -0.380 e. The molecule has 1 atom stereocenters. The van der Waals surface area contributed by atoms with Crippen LogP contribution in [0.5, 0.6) is 0 Å². The lowest BCUT2D eigenvalue weighted by molar-refractivity contribution is 0.107. The van der Waals surface area contributed by atoms with Crippen molar-refractivity contribution in [2.24, 2.45) is 0 Å². The van der Waals surface area contributed by atoms with Gasteiger partial charge in [-0.05, 0) is 43.5 Å². The summed E-state index contributed by atoms with van der Waals surface area (Å²) < 4.78 is 5.41. The molecule has 3 nitrogen and oxygen atoms in total. The van der Waals surface area contributed by atoms with Gasteiger partial charge >= 0.3 is 0 Å². The van der Waals surface area contributed by atoms with Crippen molar-refractivity contribution in [2.45, 2.75) is 38.8 Å². The Hall–Kier alpha value is -0.900. The van der Waals surface area contributed by atoms with Crippen LogP contribution in [0.25, 0.3) is 0 Å². The second-order valence-electron chi connectivity index (χ2n) is 5.70. The Morgan fingerprint density at radius 1 is 1.20 bits per heavy atom. The molecule has 3 heteroatoms. The molecule has 1 unspecified atom stereocenters. The monoisotopic (exact) mass is 276 g/mol.